The fourth-order valence-corrected chi connectivity index (χ4v) is 3.93. The summed E-state index contributed by atoms with van der Waals surface area (Å²) < 4.78 is 7.32. The van der Waals surface area contributed by atoms with Crippen LogP contribution in [0.2, 0.25) is 0 Å². The molecule has 23 heavy (non-hydrogen) atoms. The third-order valence-corrected chi connectivity index (χ3v) is 5.11. The third-order valence-electron chi connectivity index (χ3n) is 3.61. The van der Waals surface area contributed by atoms with Crippen LogP contribution in [0.3, 0.4) is 0 Å². The van der Waals surface area contributed by atoms with Crippen molar-refractivity contribution in [3.05, 3.63) is 55.9 Å². The second-order valence-electron chi connectivity index (χ2n) is 4.98. The maximum Gasteiger partial charge on any atom is 0.347 e. The minimum atomic E-state index is -0.791. The van der Waals surface area contributed by atoms with Crippen LogP contribution in [0.1, 0.15) is 28.5 Å². The van der Waals surface area contributed by atoms with E-state index >= 15 is 0 Å². The van der Waals surface area contributed by atoms with E-state index in [-0.39, 0.29) is 17.9 Å². The maximum atomic E-state index is 12.8. The highest BCUT2D eigenvalue weighted by molar-refractivity contribution is 9.10. The van der Waals surface area contributed by atoms with Gasteiger partial charge in [-0.3, -0.25) is 9.36 Å². The molecular weight excluding hydrogens is 382 g/mol. The van der Waals surface area contributed by atoms with E-state index in [2.05, 4.69) is 15.9 Å². The van der Waals surface area contributed by atoms with E-state index < -0.39 is 11.5 Å². The molecule has 2 aromatic rings. The number of ether oxygens (including phenoxy) is 1. The Labute approximate surface area is 145 Å². The molecular formula is C16H14BrNO4S. The highest BCUT2D eigenvalue weighted by atomic mass is 79.9. The number of fused-ring (bicyclic) bond motifs is 1. The first-order valence-corrected chi connectivity index (χ1v) is 9.00. The molecule has 1 N–H and O–H groups in total. The summed E-state index contributed by atoms with van der Waals surface area (Å²) in [6.07, 6.45) is 0. The Morgan fingerprint density at radius 3 is 2.70 bits per heavy atom. The molecule has 0 saturated heterocycles. The van der Waals surface area contributed by atoms with E-state index in [1.807, 2.05) is 12.1 Å². The Balaban J connectivity index is 2.29. The van der Waals surface area contributed by atoms with Crippen molar-refractivity contribution in [2.45, 2.75) is 18.4 Å². The van der Waals surface area contributed by atoms with Gasteiger partial charge in [-0.15, -0.1) is 0 Å². The molecule has 0 spiro atoms. The number of aromatic nitrogens is 1. The molecule has 3 rings (SSSR count). The molecule has 0 aliphatic carbocycles. The van der Waals surface area contributed by atoms with E-state index in [0.717, 1.165) is 10.2 Å². The summed E-state index contributed by atoms with van der Waals surface area (Å²) in [5.74, 6) is 0.129. The number of thioether (sulfide) groups is 1. The van der Waals surface area contributed by atoms with Crippen molar-refractivity contribution >= 4 is 33.7 Å². The molecule has 0 saturated carbocycles. The molecule has 120 valence electrons. The van der Waals surface area contributed by atoms with Gasteiger partial charge < -0.3 is 9.84 Å². The van der Waals surface area contributed by atoms with Gasteiger partial charge in [0, 0.05) is 32.9 Å². The van der Waals surface area contributed by atoms with Crippen LogP contribution in [0.4, 0.5) is 0 Å². The first-order chi connectivity index (χ1) is 11.0. The Bertz CT molecular complexity index is 829. The lowest BCUT2D eigenvalue weighted by Crippen LogP contribution is -2.29. The average molecular weight is 396 g/mol. The van der Waals surface area contributed by atoms with E-state index in [9.17, 15) is 14.7 Å². The molecule has 7 heteroatoms. The van der Waals surface area contributed by atoms with Gasteiger partial charge in [0.1, 0.15) is 5.75 Å². The van der Waals surface area contributed by atoms with Crippen LogP contribution in [0.15, 0.2) is 33.5 Å². The van der Waals surface area contributed by atoms with Gasteiger partial charge in [-0.1, -0.05) is 15.9 Å². The second kappa shape index (κ2) is 6.41. The predicted molar refractivity (Wildman–Crippen MR) is 92.4 cm³/mol. The number of hydrogen-bond donors (Lipinski definition) is 1. The van der Waals surface area contributed by atoms with E-state index in [4.69, 9.17) is 4.74 Å². The van der Waals surface area contributed by atoms with Crippen LogP contribution in [-0.4, -0.2) is 22.2 Å². The van der Waals surface area contributed by atoms with Crippen LogP contribution in [0, 0.1) is 0 Å². The normalized spacial score (nSPS) is 13.0. The van der Waals surface area contributed by atoms with Crippen molar-refractivity contribution in [2.24, 2.45) is 0 Å². The number of hydrogen-bond acceptors (Lipinski definition) is 5. The first-order valence-electron chi connectivity index (χ1n) is 7.05. The largest absolute Gasteiger partial charge is 0.506 e. The topological polar surface area (TPSA) is 68.5 Å². The van der Waals surface area contributed by atoms with Crippen molar-refractivity contribution in [2.75, 3.05) is 6.61 Å². The Kier molecular flexibility index (Phi) is 4.50. The third kappa shape index (κ3) is 2.79. The molecule has 0 atom stereocenters. The molecule has 5 nitrogen and oxygen atoms in total. The minimum absolute atomic E-state index is 0.141. The number of benzene rings is 1. The summed E-state index contributed by atoms with van der Waals surface area (Å²) in [6.45, 7) is 1.80. The molecule has 0 amide bonds. The van der Waals surface area contributed by atoms with Crippen molar-refractivity contribution in [3.63, 3.8) is 0 Å². The monoisotopic (exact) mass is 395 g/mol. The minimum Gasteiger partial charge on any atom is -0.506 e. The maximum absolute atomic E-state index is 12.8. The molecule has 0 bridgehead atoms. The number of rotatable bonds is 3. The highest BCUT2D eigenvalue weighted by Crippen LogP contribution is 2.37. The Hall–Kier alpha value is -1.73. The van der Waals surface area contributed by atoms with Crippen LogP contribution in [0.25, 0.3) is 5.69 Å². The lowest BCUT2D eigenvalue weighted by Gasteiger charge is -2.15. The van der Waals surface area contributed by atoms with Crippen molar-refractivity contribution < 1.29 is 14.6 Å². The summed E-state index contributed by atoms with van der Waals surface area (Å²) >= 11 is 4.95. The number of nitrogens with zero attached hydrogens (tertiary/aromatic N) is 1. The highest BCUT2D eigenvalue weighted by Gasteiger charge is 2.29. The second-order valence-corrected chi connectivity index (χ2v) is 6.88. The quantitative estimate of drug-likeness (QED) is 0.807. The van der Waals surface area contributed by atoms with Gasteiger partial charge in [0.25, 0.3) is 5.56 Å². The number of esters is 1. The average Bonchev–Trinajstić information content (AvgIpc) is 2.99. The van der Waals surface area contributed by atoms with E-state index in [1.165, 1.54) is 4.57 Å². The van der Waals surface area contributed by atoms with E-state index in [0.29, 0.717) is 22.8 Å². The zero-order chi connectivity index (χ0) is 16.6. The molecule has 1 aromatic carbocycles. The Morgan fingerprint density at radius 2 is 2.04 bits per heavy atom. The van der Waals surface area contributed by atoms with Gasteiger partial charge in [-0.05, 0) is 31.2 Å². The molecule has 1 aromatic heterocycles. The van der Waals surface area contributed by atoms with Gasteiger partial charge in [-0.2, -0.15) is 11.8 Å². The fourth-order valence-electron chi connectivity index (χ4n) is 2.56. The molecule has 0 radical (unpaired) electrons. The van der Waals surface area contributed by atoms with Crippen LogP contribution < -0.4 is 5.56 Å². The van der Waals surface area contributed by atoms with Crippen LogP contribution in [0.5, 0.6) is 5.75 Å². The number of carbonyl (C=O) groups is 1. The lowest BCUT2D eigenvalue weighted by atomic mass is 10.1. The van der Waals surface area contributed by atoms with Gasteiger partial charge in [0.05, 0.1) is 6.61 Å². The first kappa shape index (κ1) is 16.1. The summed E-state index contributed by atoms with van der Waals surface area (Å²) in [7, 11) is 0. The van der Waals surface area contributed by atoms with Crippen molar-refractivity contribution in [1.29, 1.82) is 0 Å². The van der Waals surface area contributed by atoms with Crippen LogP contribution in [-0.2, 0) is 16.2 Å². The summed E-state index contributed by atoms with van der Waals surface area (Å²) in [4.78, 5) is 24.9. The zero-order valence-electron chi connectivity index (χ0n) is 12.3. The molecule has 0 fully saturated rings. The SMILES string of the molecule is CCOC(=O)c1c(O)c2c(n(-c3ccc(Br)cc3)c1=O)CSC2. The molecule has 0 unspecified atom stereocenters. The molecule has 1 aliphatic heterocycles. The lowest BCUT2D eigenvalue weighted by molar-refractivity contribution is 0.0520. The summed E-state index contributed by atoms with van der Waals surface area (Å²) in [6, 6.07) is 7.24. The number of carbonyl (C=O) groups excluding carboxylic acids is 1. The van der Waals surface area contributed by atoms with Gasteiger partial charge in [-0.25, -0.2) is 4.79 Å². The predicted octanol–water partition coefficient (Wildman–Crippen LogP) is 3.23. The van der Waals surface area contributed by atoms with Gasteiger partial charge >= 0.3 is 5.97 Å². The van der Waals surface area contributed by atoms with E-state index in [1.54, 1.807) is 30.8 Å². The number of aromatic hydroxyl groups is 1. The number of pyridine rings is 1. The molecule has 2 heterocycles. The smallest absolute Gasteiger partial charge is 0.347 e. The molecule has 1 aliphatic rings. The van der Waals surface area contributed by atoms with Gasteiger partial charge in [0.15, 0.2) is 5.56 Å². The Morgan fingerprint density at radius 1 is 1.35 bits per heavy atom. The summed E-state index contributed by atoms with van der Waals surface area (Å²) in [5.41, 5.74) is 1.16. The fraction of sp³-hybridized carbons (Fsp3) is 0.250. The van der Waals surface area contributed by atoms with Crippen molar-refractivity contribution in [3.8, 4) is 11.4 Å². The van der Waals surface area contributed by atoms with Crippen molar-refractivity contribution in [1.82, 2.24) is 4.57 Å². The standard InChI is InChI=1S/C16H14BrNO4S/c1-2-22-16(21)13-14(19)11-7-23-8-12(11)18(15(13)20)10-5-3-9(17)4-6-10/h3-6,19H,2,7-8H2,1H3. The van der Waals surface area contributed by atoms with Crippen LogP contribution >= 0.6 is 27.7 Å². The number of halogens is 1. The summed E-state index contributed by atoms with van der Waals surface area (Å²) in [5, 5.41) is 10.4. The van der Waals surface area contributed by atoms with Gasteiger partial charge in [0.2, 0.25) is 0 Å². The zero-order valence-corrected chi connectivity index (χ0v) is 14.7.